The molecule has 1 aromatic carbocycles. The summed E-state index contributed by atoms with van der Waals surface area (Å²) >= 11 is 0. The van der Waals surface area contributed by atoms with E-state index >= 15 is 0 Å². The van der Waals surface area contributed by atoms with Crippen LogP contribution >= 0.6 is 0 Å². The topological polar surface area (TPSA) is 41.3 Å². The van der Waals surface area contributed by atoms with Gasteiger partial charge in [-0.2, -0.15) is 0 Å². The zero-order chi connectivity index (χ0) is 14.5. The summed E-state index contributed by atoms with van der Waals surface area (Å²) < 4.78 is 2.14. The van der Waals surface area contributed by atoms with Crippen LogP contribution in [0.15, 0.2) is 18.2 Å². The zero-order valence-electron chi connectivity index (χ0n) is 12.8. The molecule has 1 heterocycles. The van der Waals surface area contributed by atoms with Gasteiger partial charge in [-0.05, 0) is 44.6 Å². The van der Waals surface area contributed by atoms with Crippen LogP contribution < -0.4 is 0 Å². The van der Waals surface area contributed by atoms with Gasteiger partial charge in [0.1, 0.15) is 5.82 Å². The first-order valence-corrected chi connectivity index (χ1v) is 7.41. The Balaban J connectivity index is 2.28. The Labute approximate surface area is 121 Å². The summed E-state index contributed by atoms with van der Waals surface area (Å²) in [5, 5.41) is 9.29. The monoisotopic (exact) mass is 275 g/mol. The van der Waals surface area contributed by atoms with E-state index in [0.717, 1.165) is 29.9 Å². The molecule has 4 heteroatoms. The first-order chi connectivity index (χ1) is 9.65. The fourth-order valence-electron chi connectivity index (χ4n) is 2.51. The number of nitrogens with zero attached hydrogens (tertiary/aromatic N) is 3. The van der Waals surface area contributed by atoms with Crippen molar-refractivity contribution in [1.29, 1.82) is 0 Å². The highest BCUT2D eigenvalue weighted by Gasteiger charge is 2.12. The molecule has 1 N–H and O–H groups in total. The molecule has 2 rings (SSSR count). The SMILES string of the molecule is CCCCN(C)Cc1nc2cc(C)ccc2n1CCO. The first kappa shape index (κ1) is 15.0. The highest BCUT2D eigenvalue weighted by molar-refractivity contribution is 5.76. The lowest BCUT2D eigenvalue weighted by atomic mass is 10.2. The van der Waals surface area contributed by atoms with Crippen molar-refractivity contribution in [2.75, 3.05) is 20.2 Å². The fourth-order valence-corrected chi connectivity index (χ4v) is 2.51. The van der Waals surface area contributed by atoms with Gasteiger partial charge >= 0.3 is 0 Å². The number of benzene rings is 1. The minimum atomic E-state index is 0.144. The quantitative estimate of drug-likeness (QED) is 0.844. The number of imidazole rings is 1. The molecule has 0 unspecified atom stereocenters. The average Bonchev–Trinajstić information content (AvgIpc) is 2.74. The van der Waals surface area contributed by atoms with Crippen LogP contribution in [0.1, 0.15) is 31.2 Å². The average molecular weight is 275 g/mol. The maximum atomic E-state index is 9.29. The minimum Gasteiger partial charge on any atom is -0.395 e. The van der Waals surface area contributed by atoms with Crippen molar-refractivity contribution >= 4 is 11.0 Å². The maximum Gasteiger partial charge on any atom is 0.124 e. The normalized spacial score (nSPS) is 11.7. The number of hydrogen-bond acceptors (Lipinski definition) is 3. The van der Waals surface area contributed by atoms with E-state index in [9.17, 15) is 5.11 Å². The zero-order valence-corrected chi connectivity index (χ0v) is 12.8. The van der Waals surface area contributed by atoms with E-state index in [2.05, 4.69) is 48.6 Å². The van der Waals surface area contributed by atoms with E-state index < -0.39 is 0 Å². The second-order valence-electron chi connectivity index (χ2n) is 5.49. The fraction of sp³-hybridized carbons (Fsp3) is 0.562. The Morgan fingerprint density at radius 3 is 2.85 bits per heavy atom. The molecule has 110 valence electrons. The molecular weight excluding hydrogens is 250 g/mol. The molecule has 0 spiro atoms. The molecular formula is C16H25N3O. The van der Waals surface area contributed by atoms with Crippen LogP contribution in [-0.2, 0) is 13.1 Å². The van der Waals surface area contributed by atoms with Crippen molar-refractivity contribution in [1.82, 2.24) is 14.5 Å². The second-order valence-corrected chi connectivity index (χ2v) is 5.49. The molecule has 0 aliphatic heterocycles. The first-order valence-electron chi connectivity index (χ1n) is 7.41. The van der Waals surface area contributed by atoms with Crippen molar-refractivity contribution in [3.8, 4) is 0 Å². The van der Waals surface area contributed by atoms with Gasteiger partial charge in [-0.3, -0.25) is 4.90 Å². The predicted molar refractivity (Wildman–Crippen MR) is 82.8 cm³/mol. The smallest absolute Gasteiger partial charge is 0.124 e. The number of aliphatic hydroxyl groups is 1. The van der Waals surface area contributed by atoms with Gasteiger partial charge in [0.05, 0.1) is 24.2 Å². The van der Waals surface area contributed by atoms with Gasteiger partial charge in [-0.1, -0.05) is 19.4 Å². The Hall–Kier alpha value is -1.39. The van der Waals surface area contributed by atoms with E-state index in [1.54, 1.807) is 0 Å². The third kappa shape index (κ3) is 3.38. The van der Waals surface area contributed by atoms with Crippen molar-refractivity contribution in [2.45, 2.75) is 39.8 Å². The molecule has 0 aliphatic rings. The molecule has 4 nitrogen and oxygen atoms in total. The van der Waals surface area contributed by atoms with E-state index in [1.165, 1.54) is 18.4 Å². The molecule has 0 aliphatic carbocycles. The lowest BCUT2D eigenvalue weighted by molar-refractivity contribution is 0.267. The van der Waals surface area contributed by atoms with Crippen molar-refractivity contribution in [3.05, 3.63) is 29.6 Å². The predicted octanol–water partition coefficient (Wildman–Crippen LogP) is 2.57. The van der Waals surface area contributed by atoms with Crippen LogP contribution in [-0.4, -0.2) is 39.8 Å². The van der Waals surface area contributed by atoms with Gasteiger partial charge in [-0.25, -0.2) is 4.98 Å². The summed E-state index contributed by atoms with van der Waals surface area (Å²) in [6, 6.07) is 6.31. The summed E-state index contributed by atoms with van der Waals surface area (Å²) in [5.41, 5.74) is 3.36. The van der Waals surface area contributed by atoms with Gasteiger partial charge in [0.15, 0.2) is 0 Å². The molecule has 0 fully saturated rings. The van der Waals surface area contributed by atoms with Gasteiger partial charge < -0.3 is 9.67 Å². The summed E-state index contributed by atoms with van der Waals surface area (Å²) in [5.74, 6) is 1.04. The molecule has 0 saturated carbocycles. The maximum absolute atomic E-state index is 9.29. The number of aromatic nitrogens is 2. The lowest BCUT2D eigenvalue weighted by Gasteiger charge is -2.16. The van der Waals surface area contributed by atoms with Crippen molar-refractivity contribution in [3.63, 3.8) is 0 Å². The molecule has 20 heavy (non-hydrogen) atoms. The number of fused-ring (bicyclic) bond motifs is 1. The Bertz CT molecular complexity index is 562. The van der Waals surface area contributed by atoms with Gasteiger partial charge in [0.25, 0.3) is 0 Å². The van der Waals surface area contributed by atoms with Crippen LogP contribution in [0.25, 0.3) is 11.0 Å². The summed E-state index contributed by atoms with van der Waals surface area (Å²) in [7, 11) is 2.13. The van der Waals surface area contributed by atoms with Crippen LogP contribution in [0.2, 0.25) is 0 Å². The molecule has 0 saturated heterocycles. The number of aryl methyl sites for hydroxylation is 1. The van der Waals surface area contributed by atoms with Crippen molar-refractivity contribution in [2.24, 2.45) is 0 Å². The van der Waals surface area contributed by atoms with Gasteiger partial charge in [0, 0.05) is 6.54 Å². The van der Waals surface area contributed by atoms with Crippen LogP contribution in [0, 0.1) is 6.92 Å². The second kappa shape index (κ2) is 6.86. The van der Waals surface area contributed by atoms with E-state index in [-0.39, 0.29) is 6.61 Å². The largest absolute Gasteiger partial charge is 0.395 e. The lowest BCUT2D eigenvalue weighted by Crippen LogP contribution is -2.22. The highest BCUT2D eigenvalue weighted by atomic mass is 16.3. The molecule has 0 bridgehead atoms. The number of aliphatic hydroxyl groups excluding tert-OH is 1. The summed E-state index contributed by atoms with van der Waals surface area (Å²) in [6.45, 7) is 6.95. The van der Waals surface area contributed by atoms with Crippen molar-refractivity contribution < 1.29 is 5.11 Å². The van der Waals surface area contributed by atoms with E-state index in [1.807, 2.05) is 0 Å². The molecule has 1 aromatic heterocycles. The summed E-state index contributed by atoms with van der Waals surface area (Å²) in [6.07, 6.45) is 2.41. The Morgan fingerprint density at radius 1 is 1.35 bits per heavy atom. The van der Waals surface area contributed by atoms with Crippen LogP contribution in [0.5, 0.6) is 0 Å². The number of hydrogen-bond donors (Lipinski definition) is 1. The van der Waals surface area contributed by atoms with E-state index in [4.69, 9.17) is 4.98 Å². The van der Waals surface area contributed by atoms with Gasteiger partial charge in [0.2, 0.25) is 0 Å². The van der Waals surface area contributed by atoms with Crippen LogP contribution in [0.4, 0.5) is 0 Å². The highest BCUT2D eigenvalue weighted by Crippen LogP contribution is 2.18. The number of rotatable bonds is 7. The summed E-state index contributed by atoms with van der Waals surface area (Å²) in [4.78, 5) is 7.05. The Kier molecular flexibility index (Phi) is 5.15. The number of unbranched alkanes of at least 4 members (excludes halogenated alkanes) is 1. The molecule has 2 aromatic rings. The molecule has 0 radical (unpaired) electrons. The third-order valence-corrected chi connectivity index (χ3v) is 3.61. The molecule has 0 amide bonds. The molecule has 0 atom stereocenters. The minimum absolute atomic E-state index is 0.144. The van der Waals surface area contributed by atoms with E-state index in [0.29, 0.717) is 6.54 Å². The Morgan fingerprint density at radius 2 is 2.15 bits per heavy atom. The standard InChI is InChI=1S/C16H25N3O/c1-4-5-8-18(3)12-16-17-14-11-13(2)6-7-15(14)19(16)9-10-20/h6-7,11,20H,4-5,8-10,12H2,1-3H3. The van der Waals surface area contributed by atoms with Gasteiger partial charge in [-0.15, -0.1) is 0 Å². The third-order valence-electron chi connectivity index (χ3n) is 3.61. The van der Waals surface area contributed by atoms with Crippen LogP contribution in [0.3, 0.4) is 0 Å².